The Labute approximate surface area is 139 Å². The van der Waals surface area contributed by atoms with Crippen molar-refractivity contribution >= 4 is 15.9 Å². The number of nitrogens with one attached hydrogen (secondary N) is 1. The molecule has 1 aromatic rings. The van der Waals surface area contributed by atoms with Gasteiger partial charge in [-0.05, 0) is 55.2 Å². The highest BCUT2D eigenvalue weighted by Crippen LogP contribution is 2.38. The van der Waals surface area contributed by atoms with E-state index in [-0.39, 0.29) is 0 Å². The van der Waals surface area contributed by atoms with E-state index in [4.69, 9.17) is 0 Å². The van der Waals surface area contributed by atoms with E-state index in [1.165, 1.54) is 31.2 Å². The van der Waals surface area contributed by atoms with Gasteiger partial charge in [0.15, 0.2) is 0 Å². The summed E-state index contributed by atoms with van der Waals surface area (Å²) in [6, 6.07) is 9.96. The summed E-state index contributed by atoms with van der Waals surface area (Å²) in [4.78, 5) is 0. The molecule has 0 amide bonds. The fraction of sp³-hybridized carbons (Fsp3) is 0.684. The monoisotopic (exact) mass is 351 g/mol. The Bertz CT molecular complexity index is 432. The summed E-state index contributed by atoms with van der Waals surface area (Å²) in [5, 5.41) is 3.93. The van der Waals surface area contributed by atoms with E-state index in [9.17, 15) is 0 Å². The van der Waals surface area contributed by atoms with Crippen molar-refractivity contribution in [2.75, 3.05) is 0 Å². The highest BCUT2D eigenvalue weighted by atomic mass is 79.9. The second-order valence-corrected chi connectivity index (χ2v) is 8.68. The van der Waals surface area contributed by atoms with Gasteiger partial charge in [0, 0.05) is 16.6 Å². The lowest BCUT2D eigenvalue weighted by Gasteiger charge is -2.42. The van der Waals surface area contributed by atoms with Gasteiger partial charge < -0.3 is 5.32 Å². The zero-order valence-electron chi connectivity index (χ0n) is 14.0. The van der Waals surface area contributed by atoms with E-state index < -0.39 is 0 Å². The molecule has 2 heteroatoms. The normalized spacial score (nSPS) is 24.8. The molecule has 3 unspecified atom stereocenters. The molecule has 0 radical (unpaired) electrons. The van der Waals surface area contributed by atoms with Crippen LogP contribution >= 0.6 is 15.9 Å². The SMILES string of the molecule is CC(Cc1ccc(Br)cc1)NC1CCCCC1C(C)(C)C. The molecule has 2 rings (SSSR count). The molecule has 21 heavy (non-hydrogen) atoms. The molecule has 1 N–H and O–H groups in total. The van der Waals surface area contributed by atoms with Crippen LogP contribution in [0.15, 0.2) is 28.7 Å². The summed E-state index contributed by atoms with van der Waals surface area (Å²) < 4.78 is 1.16. The first kappa shape index (κ1) is 17.0. The molecular formula is C19H30BrN. The van der Waals surface area contributed by atoms with Crippen LogP contribution in [0, 0.1) is 11.3 Å². The van der Waals surface area contributed by atoms with E-state index >= 15 is 0 Å². The Hall–Kier alpha value is -0.340. The minimum absolute atomic E-state index is 0.412. The maximum Gasteiger partial charge on any atom is 0.0175 e. The van der Waals surface area contributed by atoms with E-state index in [0.29, 0.717) is 17.5 Å². The largest absolute Gasteiger partial charge is 0.311 e. The van der Waals surface area contributed by atoms with Gasteiger partial charge in [-0.3, -0.25) is 0 Å². The third-order valence-electron chi connectivity index (χ3n) is 4.83. The number of rotatable bonds is 4. The van der Waals surface area contributed by atoms with Crippen LogP contribution in [-0.4, -0.2) is 12.1 Å². The van der Waals surface area contributed by atoms with Gasteiger partial charge in [0.1, 0.15) is 0 Å². The number of hydrogen-bond acceptors (Lipinski definition) is 1. The summed E-state index contributed by atoms with van der Waals surface area (Å²) in [6.07, 6.45) is 6.62. The third-order valence-corrected chi connectivity index (χ3v) is 5.36. The van der Waals surface area contributed by atoms with Gasteiger partial charge in [-0.1, -0.05) is 61.7 Å². The molecule has 1 fully saturated rings. The van der Waals surface area contributed by atoms with Crippen molar-refractivity contribution in [3.8, 4) is 0 Å². The average molecular weight is 352 g/mol. The van der Waals surface area contributed by atoms with Crippen LogP contribution in [0.5, 0.6) is 0 Å². The van der Waals surface area contributed by atoms with Crippen LogP contribution in [0.25, 0.3) is 0 Å². The van der Waals surface area contributed by atoms with Gasteiger partial charge in [0.25, 0.3) is 0 Å². The molecule has 1 nitrogen and oxygen atoms in total. The zero-order chi connectivity index (χ0) is 15.5. The fourth-order valence-electron chi connectivity index (χ4n) is 3.77. The van der Waals surface area contributed by atoms with Crippen LogP contribution in [-0.2, 0) is 6.42 Å². The third kappa shape index (κ3) is 5.10. The van der Waals surface area contributed by atoms with E-state index in [1.54, 1.807) is 0 Å². The minimum Gasteiger partial charge on any atom is -0.311 e. The summed E-state index contributed by atoms with van der Waals surface area (Å²) >= 11 is 3.51. The van der Waals surface area contributed by atoms with Gasteiger partial charge in [0.2, 0.25) is 0 Å². The second kappa shape index (κ2) is 7.28. The number of halogens is 1. The summed E-state index contributed by atoms with van der Waals surface area (Å²) in [5.74, 6) is 0.804. The van der Waals surface area contributed by atoms with Gasteiger partial charge >= 0.3 is 0 Å². The molecule has 1 aromatic carbocycles. The van der Waals surface area contributed by atoms with Crippen molar-refractivity contribution in [2.45, 2.75) is 71.9 Å². The van der Waals surface area contributed by atoms with E-state index in [1.807, 2.05) is 0 Å². The van der Waals surface area contributed by atoms with Crippen molar-refractivity contribution in [3.05, 3.63) is 34.3 Å². The highest BCUT2D eigenvalue weighted by Gasteiger charge is 2.34. The Morgan fingerprint density at radius 1 is 1.14 bits per heavy atom. The van der Waals surface area contributed by atoms with E-state index in [2.05, 4.69) is 73.2 Å². The topological polar surface area (TPSA) is 12.0 Å². The molecular weight excluding hydrogens is 322 g/mol. The molecule has 0 heterocycles. The standard InChI is InChI=1S/C19H30BrN/c1-14(13-15-9-11-16(20)12-10-15)21-18-8-6-5-7-17(18)19(2,3)4/h9-12,14,17-18,21H,5-8,13H2,1-4H3. The first-order valence-electron chi connectivity index (χ1n) is 8.37. The molecule has 3 atom stereocenters. The van der Waals surface area contributed by atoms with Crippen molar-refractivity contribution in [1.29, 1.82) is 0 Å². The van der Waals surface area contributed by atoms with Gasteiger partial charge in [-0.15, -0.1) is 0 Å². The lowest BCUT2D eigenvalue weighted by atomic mass is 9.69. The van der Waals surface area contributed by atoms with Crippen LogP contribution < -0.4 is 5.32 Å². The molecule has 0 aliphatic heterocycles. The Morgan fingerprint density at radius 3 is 2.38 bits per heavy atom. The minimum atomic E-state index is 0.412. The van der Waals surface area contributed by atoms with Crippen LogP contribution in [0.1, 0.15) is 58.9 Å². The summed E-state index contributed by atoms with van der Waals surface area (Å²) in [6.45, 7) is 9.53. The first-order chi connectivity index (χ1) is 9.86. The lowest BCUT2D eigenvalue weighted by molar-refractivity contribution is 0.124. The summed E-state index contributed by atoms with van der Waals surface area (Å²) in [5.41, 5.74) is 1.83. The molecule has 0 saturated heterocycles. The fourth-order valence-corrected chi connectivity index (χ4v) is 4.03. The summed E-state index contributed by atoms with van der Waals surface area (Å²) in [7, 11) is 0. The number of benzene rings is 1. The van der Waals surface area contributed by atoms with E-state index in [0.717, 1.165) is 16.8 Å². The maximum atomic E-state index is 3.93. The average Bonchev–Trinajstić information content (AvgIpc) is 2.41. The predicted molar refractivity (Wildman–Crippen MR) is 95.6 cm³/mol. The highest BCUT2D eigenvalue weighted by molar-refractivity contribution is 9.10. The maximum absolute atomic E-state index is 3.93. The zero-order valence-corrected chi connectivity index (χ0v) is 15.5. The molecule has 118 valence electrons. The Morgan fingerprint density at radius 2 is 1.76 bits per heavy atom. The van der Waals surface area contributed by atoms with Gasteiger partial charge in [-0.2, -0.15) is 0 Å². The van der Waals surface area contributed by atoms with Crippen molar-refractivity contribution in [2.24, 2.45) is 11.3 Å². The second-order valence-electron chi connectivity index (χ2n) is 7.76. The molecule has 1 saturated carbocycles. The number of hydrogen-bond donors (Lipinski definition) is 1. The predicted octanol–water partition coefficient (Wildman–Crippen LogP) is 5.57. The smallest absolute Gasteiger partial charge is 0.0175 e. The molecule has 0 bridgehead atoms. The van der Waals surface area contributed by atoms with Gasteiger partial charge in [0.05, 0.1) is 0 Å². The quantitative estimate of drug-likeness (QED) is 0.746. The Balaban J connectivity index is 1.93. The molecule has 1 aliphatic rings. The first-order valence-corrected chi connectivity index (χ1v) is 9.16. The van der Waals surface area contributed by atoms with Crippen molar-refractivity contribution < 1.29 is 0 Å². The van der Waals surface area contributed by atoms with Crippen molar-refractivity contribution in [1.82, 2.24) is 5.32 Å². The molecule has 0 aromatic heterocycles. The molecule has 1 aliphatic carbocycles. The molecule has 0 spiro atoms. The van der Waals surface area contributed by atoms with Crippen LogP contribution in [0.2, 0.25) is 0 Å². The van der Waals surface area contributed by atoms with Crippen LogP contribution in [0.4, 0.5) is 0 Å². The lowest BCUT2D eigenvalue weighted by Crippen LogP contribution is -2.48. The Kier molecular flexibility index (Phi) is 5.90. The van der Waals surface area contributed by atoms with Crippen molar-refractivity contribution in [3.63, 3.8) is 0 Å². The van der Waals surface area contributed by atoms with Crippen LogP contribution in [0.3, 0.4) is 0 Å². The van der Waals surface area contributed by atoms with Gasteiger partial charge in [-0.25, -0.2) is 0 Å².